The van der Waals surface area contributed by atoms with Crippen molar-refractivity contribution < 1.29 is 4.52 Å². The van der Waals surface area contributed by atoms with Crippen molar-refractivity contribution in [2.45, 2.75) is 58.9 Å². The van der Waals surface area contributed by atoms with Crippen LogP contribution in [0, 0.1) is 0 Å². The molecule has 0 spiro atoms. The maximum Gasteiger partial charge on any atom is 0.249 e. The maximum atomic E-state index is 5.61. The molecular weight excluding hydrogens is 288 g/mol. The van der Waals surface area contributed by atoms with E-state index in [2.05, 4.69) is 55.4 Å². The van der Waals surface area contributed by atoms with Gasteiger partial charge in [-0.15, -0.1) is 0 Å². The predicted octanol–water partition coefficient (Wildman–Crippen LogP) is 4.28. The molecule has 0 N–H and O–H groups in total. The predicted molar refractivity (Wildman–Crippen MR) is 90.5 cm³/mol. The Morgan fingerprint density at radius 1 is 1.13 bits per heavy atom. The summed E-state index contributed by atoms with van der Waals surface area (Å²) in [6.45, 7) is 10.5. The second-order valence-electron chi connectivity index (χ2n) is 6.87. The quantitative estimate of drug-likeness (QED) is 0.721. The van der Waals surface area contributed by atoms with E-state index in [9.17, 15) is 0 Å². The molecule has 0 aliphatic heterocycles. The first-order valence-electron chi connectivity index (χ1n) is 8.25. The topological polar surface area (TPSA) is 56.7 Å². The van der Waals surface area contributed by atoms with Crippen LogP contribution >= 0.6 is 0 Å². The van der Waals surface area contributed by atoms with Crippen LogP contribution in [0.2, 0.25) is 0 Å². The molecule has 0 saturated heterocycles. The summed E-state index contributed by atoms with van der Waals surface area (Å²) in [7, 11) is 0. The lowest BCUT2D eigenvalue weighted by Gasteiger charge is -2.16. The smallest absolute Gasteiger partial charge is 0.249 e. The Hall–Kier alpha value is -2.17. The summed E-state index contributed by atoms with van der Waals surface area (Å²) >= 11 is 0. The Kier molecular flexibility index (Phi) is 3.96. The second kappa shape index (κ2) is 5.80. The SMILES string of the molecule is CCc1nc2ccccc2n1[C@H](CC)c1nc(C(C)(C)C)no1. The number of hydrogen-bond acceptors (Lipinski definition) is 4. The van der Waals surface area contributed by atoms with Crippen LogP contribution in [0.25, 0.3) is 11.0 Å². The van der Waals surface area contributed by atoms with Gasteiger partial charge in [-0.25, -0.2) is 4.98 Å². The molecule has 1 aromatic carbocycles. The highest BCUT2D eigenvalue weighted by molar-refractivity contribution is 5.76. The first-order valence-corrected chi connectivity index (χ1v) is 8.25. The Balaban J connectivity index is 2.13. The van der Waals surface area contributed by atoms with E-state index in [1.807, 2.05) is 18.2 Å². The number of nitrogens with zero attached hydrogens (tertiary/aromatic N) is 4. The van der Waals surface area contributed by atoms with Crippen LogP contribution < -0.4 is 0 Å². The van der Waals surface area contributed by atoms with Crippen LogP contribution in [0.15, 0.2) is 28.8 Å². The van der Waals surface area contributed by atoms with Gasteiger partial charge in [0.25, 0.3) is 0 Å². The number of fused-ring (bicyclic) bond motifs is 1. The van der Waals surface area contributed by atoms with Crippen molar-refractivity contribution in [2.24, 2.45) is 0 Å². The molecule has 23 heavy (non-hydrogen) atoms. The monoisotopic (exact) mass is 312 g/mol. The zero-order valence-corrected chi connectivity index (χ0v) is 14.5. The Morgan fingerprint density at radius 2 is 1.87 bits per heavy atom. The summed E-state index contributed by atoms with van der Waals surface area (Å²) in [5.74, 6) is 2.46. The van der Waals surface area contributed by atoms with Crippen molar-refractivity contribution in [3.8, 4) is 0 Å². The Morgan fingerprint density at radius 3 is 2.48 bits per heavy atom. The van der Waals surface area contributed by atoms with Crippen LogP contribution in [0.3, 0.4) is 0 Å². The van der Waals surface area contributed by atoms with E-state index in [0.717, 1.165) is 35.5 Å². The third kappa shape index (κ3) is 2.76. The minimum atomic E-state index is -0.120. The molecule has 5 heteroatoms. The molecule has 0 aliphatic carbocycles. The van der Waals surface area contributed by atoms with Gasteiger partial charge in [0, 0.05) is 11.8 Å². The van der Waals surface area contributed by atoms with E-state index >= 15 is 0 Å². The van der Waals surface area contributed by atoms with Crippen LogP contribution in [-0.4, -0.2) is 19.7 Å². The summed E-state index contributed by atoms with van der Waals surface area (Å²) in [5, 5.41) is 4.18. The Labute approximate surface area is 136 Å². The number of aryl methyl sites for hydroxylation is 1. The molecule has 2 heterocycles. The lowest BCUT2D eigenvalue weighted by atomic mass is 9.96. The largest absolute Gasteiger partial charge is 0.337 e. The summed E-state index contributed by atoms with van der Waals surface area (Å²) in [5.41, 5.74) is 2.01. The van der Waals surface area contributed by atoms with Gasteiger partial charge in [-0.3, -0.25) is 0 Å². The molecule has 122 valence electrons. The Bertz CT molecular complexity index is 810. The van der Waals surface area contributed by atoms with Crippen LogP contribution in [0.5, 0.6) is 0 Å². The van der Waals surface area contributed by atoms with Crippen molar-refractivity contribution in [3.63, 3.8) is 0 Å². The number of hydrogen-bond donors (Lipinski definition) is 0. The highest BCUT2D eigenvalue weighted by Gasteiger charge is 2.27. The molecule has 0 bridgehead atoms. The van der Waals surface area contributed by atoms with Crippen molar-refractivity contribution in [3.05, 3.63) is 41.8 Å². The number of aromatic nitrogens is 4. The fourth-order valence-corrected chi connectivity index (χ4v) is 2.83. The van der Waals surface area contributed by atoms with Gasteiger partial charge in [0.2, 0.25) is 5.89 Å². The van der Waals surface area contributed by atoms with Gasteiger partial charge in [-0.1, -0.05) is 51.9 Å². The molecule has 0 fully saturated rings. The molecular formula is C18H24N4O. The van der Waals surface area contributed by atoms with Gasteiger partial charge in [-0.05, 0) is 18.6 Å². The first-order chi connectivity index (χ1) is 11.0. The van der Waals surface area contributed by atoms with Crippen molar-refractivity contribution in [2.75, 3.05) is 0 Å². The second-order valence-corrected chi connectivity index (χ2v) is 6.87. The lowest BCUT2D eigenvalue weighted by molar-refractivity contribution is 0.325. The lowest BCUT2D eigenvalue weighted by Crippen LogP contribution is -2.16. The molecule has 0 aliphatic rings. The maximum absolute atomic E-state index is 5.61. The standard InChI is InChI=1S/C18H24N4O/c1-6-13(16-20-17(21-23-16)18(3,4)5)22-14-11-9-8-10-12(14)19-15(22)7-2/h8-11,13H,6-7H2,1-5H3/t13-/m1/s1. The molecule has 3 aromatic rings. The third-order valence-electron chi connectivity index (χ3n) is 4.08. The molecule has 0 amide bonds. The molecule has 0 radical (unpaired) electrons. The van der Waals surface area contributed by atoms with E-state index in [-0.39, 0.29) is 11.5 Å². The van der Waals surface area contributed by atoms with Crippen LogP contribution in [0.4, 0.5) is 0 Å². The van der Waals surface area contributed by atoms with Crippen molar-refractivity contribution in [1.82, 2.24) is 19.7 Å². The molecule has 0 saturated carbocycles. The fraction of sp³-hybridized carbons (Fsp3) is 0.500. The van der Waals surface area contributed by atoms with Gasteiger partial charge in [-0.2, -0.15) is 4.98 Å². The minimum Gasteiger partial charge on any atom is -0.337 e. The van der Waals surface area contributed by atoms with E-state index < -0.39 is 0 Å². The van der Waals surface area contributed by atoms with Crippen molar-refractivity contribution >= 4 is 11.0 Å². The third-order valence-corrected chi connectivity index (χ3v) is 4.08. The van der Waals surface area contributed by atoms with Gasteiger partial charge < -0.3 is 9.09 Å². The molecule has 2 aromatic heterocycles. The molecule has 0 unspecified atom stereocenters. The van der Waals surface area contributed by atoms with Gasteiger partial charge in [0.1, 0.15) is 11.9 Å². The van der Waals surface area contributed by atoms with Crippen molar-refractivity contribution in [1.29, 1.82) is 0 Å². The highest BCUT2D eigenvalue weighted by Crippen LogP contribution is 2.29. The average molecular weight is 312 g/mol. The highest BCUT2D eigenvalue weighted by atomic mass is 16.5. The zero-order valence-electron chi connectivity index (χ0n) is 14.5. The first kappa shape index (κ1) is 15.7. The van der Waals surface area contributed by atoms with Crippen LogP contribution in [0.1, 0.15) is 64.6 Å². The molecule has 1 atom stereocenters. The van der Waals surface area contributed by atoms with Gasteiger partial charge >= 0.3 is 0 Å². The van der Waals surface area contributed by atoms with E-state index in [4.69, 9.17) is 9.51 Å². The van der Waals surface area contributed by atoms with Gasteiger partial charge in [0.05, 0.1) is 11.0 Å². The normalized spacial score (nSPS) is 13.6. The number of benzene rings is 1. The number of imidazole rings is 1. The van der Waals surface area contributed by atoms with E-state index in [1.165, 1.54) is 0 Å². The number of para-hydroxylation sites is 2. The van der Waals surface area contributed by atoms with E-state index in [0.29, 0.717) is 5.89 Å². The zero-order chi connectivity index (χ0) is 16.6. The van der Waals surface area contributed by atoms with E-state index in [1.54, 1.807) is 0 Å². The average Bonchev–Trinajstić information content (AvgIpc) is 3.13. The molecule has 3 rings (SSSR count). The van der Waals surface area contributed by atoms with Crippen LogP contribution in [-0.2, 0) is 11.8 Å². The number of rotatable bonds is 4. The summed E-state index contributed by atoms with van der Waals surface area (Å²) in [4.78, 5) is 9.42. The fourth-order valence-electron chi connectivity index (χ4n) is 2.83. The summed E-state index contributed by atoms with van der Waals surface area (Å²) in [6.07, 6.45) is 1.74. The minimum absolute atomic E-state index is 0.0148. The summed E-state index contributed by atoms with van der Waals surface area (Å²) < 4.78 is 7.85. The molecule has 5 nitrogen and oxygen atoms in total. The van der Waals surface area contributed by atoms with Gasteiger partial charge in [0.15, 0.2) is 5.82 Å². The summed E-state index contributed by atoms with van der Waals surface area (Å²) in [6, 6.07) is 8.23.